The maximum absolute atomic E-state index is 5.83. The molecule has 0 spiro atoms. The Kier molecular flexibility index (Phi) is 3.11. The van der Waals surface area contributed by atoms with Crippen LogP contribution in [0.25, 0.3) is 0 Å². The van der Waals surface area contributed by atoms with Crippen molar-refractivity contribution in [3.05, 3.63) is 23.8 Å². The van der Waals surface area contributed by atoms with Crippen molar-refractivity contribution in [2.75, 3.05) is 24.2 Å². The van der Waals surface area contributed by atoms with E-state index in [-0.39, 0.29) is 0 Å². The first-order valence-electron chi connectivity index (χ1n) is 5.48. The molecule has 1 fully saturated rings. The fourth-order valence-electron chi connectivity index (χ4n) is 1.87. The molecule has 0 bridgehead atoms. The Morgan fingerprint density at radius 2 is 2.40 bits per heavy atom. The number of nitrogen functional groups attached to an aromatic ring is 1. The number of benzene rings is 1. The summed E-state index contributed by atoms with van der Waals surface area (Å²) in [6, 6.07) is 5.95. The normalized spacial score (nSPS) is 20.5. The zero-order valence-corrected chi connectivity index (χ0v) is 9.12. The van der Waals surface area contributed by atoms with E-state index in [1.807, 2.05) is 19.1 Å². The number of nitrogens with one attached hydrogen (secondary N) is 1. The highest BCUT2D eigenvalue weighted by molar-refractivity contribution is 5.62. The monoisotopic (exact) mass is 206 g/mol. The first-order valence-corrected chi connectivity index (χ1v) is 5.48. The van der Waals surface area contributed by atoms with Gasteiger partial charge >= 0.3 is 0 Å². The van der Waals surface area contributed by atoms with Crippen LogP contribution in [0, 0.1) is 6.92 Å². The zero-order chi connectivity index (χ0) is 10.7. The van der Waals surface area contributed by atoms with Gasteiger partial charge in [0.2, 0.25) is 0 Å². The van der Waals surface area contributed by atoms with E-state index in [1.165, 1.54) is 6.42 Å². The van der Waals surface area contributed by atoms with E-state index in [0.29, 0.717) is 6.10 Å². The third kappa shape index (κ3) is 2.42. The highest BCUT2D eigenvalue weighted by Crippen LogP contribution is 2.21. The van der Waals surface area contributed by atoms with Crippen LogP contribution in [-0.2, 0) is 4.74 Å². The molecule has 1 aromatic rings. The Balaban J connectivity index is 1.95. The summed E-state index contributed by atoms with van der Waals surface area (Å²) in [7, 11) is 0. The molecule has 0 aliphatic carbocycles. The fraction of sp³-hybridized carbons (Fsp3) is 0.500. The molecule has 3 nitrogen and oxygen atoms in total. The van der Waals surface area contributed by atoms with E-state index < -0.39 is 0 Å². The van der Waals surface area contributed by atoms with Gasteiger partial charge in [-0.1, -0.05) is 6.07 Å². The van der Waals surface area contributed by atoms with Gasteiger partial charge < -0.3 is 15.8 Å². The first kappa shape index (κ1) is 10.3. The summed E-state index contributed by atoms with van der Waals surface area (Å²) in [6.07, 6.45) is 2.71. The maximum Gasteiger partial charge on any atom is 0.0748 e. The SMILES string of the molecule is Cc1c(N)cccc1NCC1CCCO1. The van der Waals surface area contributed by atoms with Gasteiger partial charge in [-0.15, -0.1) is 0 Å². The molecule has 1 aromatic carbocycles. The molecule has 1 atom stereocenters. The van der Waals surface area contributed by atoms with Crippen LogP contribution < -0.4 is 11.1 Å². The second-order valence-electron chi connectivity index (χ2n) is 4.04. The van der Waals surface area contributed by atoms with Gasteiger partial charge in [-0.2, -0.15) is 0 Å². The lowest BCUT2D eigenvalue weighted by Gasteiger charge is -2.14. The molecule has 1 heterocycles. The van der Waals surface area contributed by atoms with Crippen LogP contribution in [0.5, 0.6) is 0 Å². The van der Waals surface area contributed by atoms with Gasteiger partial charge in [0.25, 0.3) is 0 Å². The molecule has 0 amide bonds. The molecule has 0 aromatic heterocycles. The van der Waals surface area contributed by atoms with Crippen molar-refractivity contribution in [1.29, 1.82) is 0 Å². The lowest BCUT2D eigenvalue weighted by Crippen LogP contribution is -2.18. The minimum absolute atomic E-state index is 0.367. The molecule has 2 rings (SSSR count). The Morgan fingerprint density at radius 3 is 3.13 bits per heavy atom. The third-order valence-electron chi connectivity index (χ3n) is 2.92. The molecule has 1 aliphatic heterocycles. The van der Waals surface area contributed by atoms with Gasteiger partial charge in [0.15, 0.2) is 0 Å². The van der Waals surface area contributed by atoms with Crippen molar-refractivity contribution < 1.29 is 4.74 Å². The Morgan fingerprint density at radius 1 is 1.53 bits per heavy atom. The van der Waals surface area contributed by atoms with Gasteiger partial charge in [0.1, 0.15) is 0 Å². The number of nitrogens with two attached hydrogens (primary N) is 1. The predicted octanol–water partition coefficient (Wildman–Crippen LogP) is 2.17. The van der Waals surface area contributed by atoms with E-state index >= 15 is 0 Å². The largest absolute Gasteiger partial charge is 0.398 e. The highest BCUT2D eigenvalue weighted by Gasteiger charge is 2.15. The second kappa shape index (κ2) is 4.53. The number of hydrogen-bond acceptors (Lipinski definition) is 3. The van der Waals surface area contributed by atoms with E-state index in [2.05, 4.69) is 11.4 Å². The Labute approximate surface area is 90.6 Å². The van der Waals surface area contributed by atoms with Gasteiger partial charge in [-0.3, -0.25) is 0 Å². The Hall–Kier alpha value is -1.22. The lowest BCUT2D eigenvalue weighted by atomic mass is 10.1. The van der Waals surface area contributed by atoms with Crippen LogP contribution in [0.2, 0.25) is 0 Å². The number of anilines is 2. The number of hydrogen-bond donors (Lipinski definition) is 2. The summed E-state index contributed by atoms with van der Waals surface area (Å²) in [5, 5.41) is 3.39. The van der Waals surface area contributed by atoms with Crippen molar-refractivity contribution in [3.8, 4) is 0 Å². The highest BCUT2D eigenvalue weighted by atomic mass is 16.5. The maximum atomic E-state index is 5.83. The minimum Gasteiger partial charge on any atom is -0.398 e. The zero-order valence-electron chi connectivity index (χ0n) is 9.12. The van der Waals surface area contributed by atoms with E-state index in [0.717, 1.165) is 36.5 Å². The van der Waals surface area contributed by atoms with Crippen LogP contribution in [0.4, 0.5) is 11.4 Å². The Bertz CT molecular complexity index is 332. The molecule has 15 heavy (non-hydrogen) atoms. The summed E-state index contributed by atoms with van der Waals surface area (Å²) in [5.41, 5.74) is 8.91. The average molecular weight is 206 g/mol. The predicted molar refractivity (Wildman–Crippen MR) is 63.1 cm³/mol. The average Bonchev–Trinajstić information content (AvgIpc) is 2.73. The summed E-state index contributed by atoms with van der Waals surface area (Å²) in [6.45, 7) is 3.82. The van der Waals surface area contributed by atoms with E-state index in [9.17, 15) is 0 Å². The smallest absolute Gasteiger partial charge is 0.0748 e. The lowest BCUT2D eigenvalue weighted by molar-refractivity contribution is 0.120. The van der Waals surface area contributed by atoms with Gasteiger partial charge in [0.05, 0.1) is 6.10 Å². The van der Waals surface area contributed by atoms with Crippen molar-refractivity contribution in [3.63, 3.8) is 0 Å². The van der Waals surface area contributed by atoms with Gasteiger partial charge in [-0.25, -0.2) is 0 Å². The van der Waals surface area contributed by atoms with Gasteiger partial charge in [0, 0.05) is 24.5 Å². The van der Waals surface area contributed by atoms with Crippen molar-refractivity contribution in [2.24, 2.45) is 0 Å². The van der Waals surface area contributed by atoms with Gasteiger partial charge in [-0.05, 0) is 37.5 Å². The van der Waals surface area contributed by atoms with Crippen LogP contribution in [-0.4, -0.2) is 19.3 Å². The fourth-order valence-corrected chi connectivity index (χ4v) is 1.87. The molecule has 0 radical (unpaired) electrons. The molecular formula is C12H18N2O. The number of rotatable bonds is 3. The molecule has 3 N–H and O–H groups in total. The standard InChI is InChI=1S/C12H18N2O/c1-9-11(13)5-2-6-12(9)14-8-10-4-3-7-15-10/h2,5-6,10,14H,3-4,7-8,13H2,1H3. The minimum atomic E-state index is 0.367. The van der Waals surface area contributed by atoms with Crippen molar-refractivity contribution in [1.82, 2.24) is 0 Å². The summed E-state index contributed by atoms with van der Waals surface area (Å²) >= 11 is 0. The van der Waals surface area contributed by atoms with Crippen LogP contribution in [0.15, 0.2) is 18.2 Å². The summed E-state index contributed by atoms with van der Waals surface area (Å²) in [4.78, 5) is 0. The molecule has 1 aliphatic rings. The molecule has 3 heteroatoms. The molecular weight excluding hydrogens is 188 g/mol. The van der Waals surface area contributed by atoms with E-state index in [4.69, 9.17) is 10.5 Å². The third-order valence-corrected chi connectivity index (χ3v) is 2.92. The molecule has 82 valence electrons. The first-order chi connectivity index (χ1) is 7.27. The summed E-state index contributed by atoms with van der Waals surface area (Å²) < 4.78 is 5.55. The summed E-state index contributed by atoms with van der Waals surface area (Å²) in [5.74, 6) is 0. The quantitative estimate of drug-likeness (QED) is 0.745. The number of ether oxygens (including phenoxy) is 1. The van der Waals surface area contributed by atoms with Crippen molar-refractivity contribution in [2.45, 2.75) is 25.9 Å². The van der Waals surface area contributed by atoms with Crippen LogP contribution in [0.1, 0.15) is 18.4 Å². The second-order valence-corrected chi connectivity index (χ2v) is 4.04. The van der Waals surface area contributed by atoms with Crippen LogP contribution >= 0.6 is 0 Å². The molecule has 0 saturated carbocycles. The van der Waals surface area contributed by atoms with E-state index in [1.54, 1.807) is 0 Å². The topological polar surface area (TPSA) is 47.3 Å². The molecule has 1 unspecified atom stereocenters. The molecule has 1 saturated heterocycles. The van der Waals surface area contributed by atoms with Crippen molar-refractivity contribution >= 4 is 11.4 Å². The van der Waals surface area contributed by atoms with Crippen LogP contribution in [0.3, 0.4) is 0 Å².